The fraction of sp³-hybridized carbons (Fsp3) is 0.362. The van der Waals surface area contributed by atoms with E-state index in [0.717, 1.165) is 184 Å². The SMILES string of the molecule is O=c1cc(N2CCOCC2)cc(-c2cccc3c2Sc2ccc(N4CC4CF)cc2S3)[nH]1.O=c1cc(N2CCOCC2)cc(-c2cccc3c2Sc2ccc(NC(CF)CN4CCOCC4)cc2S3)[nH]1.O=c1cc(N2CCOCC2)cc(-c2cccc3c2Sc2ccc(NC(CF)CN4CCOCC4)cc2S3)[nH]1. The van der Waals surface area contributed by atoms with E-state index in [4.69, 9.17) is 23.7 Å². The van der Waals surface area contributed by atoms with Crippen molar-refractivity contribution in [2.75, 3.05) is 201 Å². The predicted molar refractivity (Wildman–Crippen MR) is 429 cm³/mol. The van der Waals surface area contributed by atoms with Gasteiger partial charge in [-0.05, 0) is 91.0 Å². The third-order valence-corrected chi connectivity index (χ3v) is 27.8. The summed E-state index contributed by atoms with van der Waals surface area (Å²) in [6, 6.07) is 48.3. The summed E-state index contributed by atoms with van der Waals surface area (Å²) in [6.45, 7) is 15.9. The average Bonchev–Trinajstić information content (AvgIpc) is 0.811. The number of H-pyrrole nitrogens is 3. The van der Waals surface area contributed by atoms with Crippen LogP contribution in [0.25, 0.3) is 33.8 Å². The zero-order valence-electron chi connectivity index (χ0n) is 59.5. The van der Waals surface area contributed by atoms with Gasteiger partial charge < -0.3 is 68.9 Å². The monoisotopic (exact) mass is 1580 g/mol. The van der Waals surface area contributed by atoms with Gasteiger partial charge in [-0.25, -0.2) is 13.2 Å². The Bertz CT molecular complexity index is 4670. The molecule has 108 heavy (non-hydrogen) atoms. The number of anilines is 6. The number of aromatic nitrogens is 3. The topological polar surface area (TPSA) is 188 Å². The number of morpholine rings is 5. The maximum Gasteiger partial charge on any atom is 0.250 e. The van der Waals surface area contributed by atoms with Crippen molar-refractivity contribution in [3.63, 3.8) is 0 Å². The highest BCUT2D eigenvalue weighted by atomic mass is 32.2. The third-order valence-electron chi connectivity index (χ3n) is 20.0. The Morgan fingerprint density at radius 1 is 0.370 bits per heavy atom. The van der Waals surface area contributed by atoms with Crippen molar-refractivity contribution >= 4 is 105 Å². The summed E-state index contributed by atoms with van der Waals surface area (Å²) in [5.74, 6) is 0. The van der Waals surface area contributed by atoms with E-state index < -0.39 is 13.3 Å². The Morgan fingerprint density at radius 2 is 0.713 bits per heavy atom. The van der Waals surface area contributed by atoms with Crippen molar-refractivity contribution < 1.29 is 36.9 Å². The number of fused-ring (bicyclic) bond motifs is 6. The third kappa shape index (κ3) is 17.8. The highest BCUT2D eigenvalue weighted by Crippen LogP contribution is 2.56. The molecule has 18 rings (SSSR count). The quantitative estimate of drug-likeness (QED) is 0.0510. The second-order valence-corrected chi connectivity index (χ2v) is 33.8. The molecule has 0 bridgehead atoms. The largest absolute Gasteiger partial charge is 0.379 e. The fourth-order valence-electron chi connectivity index (χ4n) is 14.4. The first-order chi connectivity index (χ1) is 53.0. The van der Waals surface area contributed by atoms with Gasteiger partial charge in [0.1, 0.15) is 20.0 Å². The van der Waals surface area contributed by atoms with E-state index in [1.165, 1.54) is 14.7 Å². The van der Waals surface area contributed by atoms with Crippen molar-refractivity contribution in [2.24, 2.45) is 0 Å². The van der Waals surface area contributed by atoms with Crippen molar-refractivity contribution in [1.82, 2.24) is 24.8 Å². The number of ether oxygens (including phenoxy) is 5. The van der Waals surface area contributed by atoms with Crippen LogP contribution in [0.1, 0.15) is 0 Å². The Labute approximate surface area is 650 Å². The first-order valence-electron chi connectivity index (χ1n) is 36.7. The van der Waals surface area contributed by atoms with E-state index in [9.17, 15) is 27.6 Å². The molecule has 0 spiro atoms. The standard InChI is InChI=1S/2C28H31FN4O3S2.C24H22FN3O2S2/c2*29-17-20(18-32-6-10-35-11-7-32)30-19-4-5-24-26(14-19)37-25-3-1-2-22(28(25)38-24)23-15-21(16-27(34)31-23)33-8-12-36-13-9-33;25-13-17-14-28(17)15-4-5-20-22(11-15)31-21-3-1-2-18(24(21)32-20)19-10-16(12-23(29)26-19)27-6-8-30-9-7-27/h2*1-5,14-16,20,30H,6-13,17-18H2,(H,31,34);1-5,10-12,17H,6-9,13-14H2,(H,26,29). The zero-order chi connectivity index (χ0) is 73.5. The van der Waals surface area contributed by atoms with Crippen LogP contribution in [-0.2, 0) is 23.7 Å². The Hall–Kier alpha value is -7.42. The minimum absolute atomic E-state index is 0.0312. The van der Waals surface area contributed by atoms with Crippen LogP contribution in [0, 0.1) is 0 Å². The number of halogens is 3. The number of rotatable bonds is 18. The van der Waals surface area contributed by atoms with Crippen molar-refractivity contribution in [3.8, 4) is 33.8 Å². The molecule has 19 nitrogen and oxygen atoms in total. The molecular formula is C80H84F3N11O8S6. The molecule has 0 saturated carbocycles. The Morgan fingerprint density at radius 3 is 1.06 bits per heavy atom. The fourth-order valence-corrected chi connectivity index (χ4v) is 21.6. The van der Waals surface area contributed by atoms with Gasteiger partial charge in [0.15, 0.2) is 0 Å². The van der Waals surface area contributed by atoms with Crippen molar-refractivity contribution in [3.05, 3.63) is 177 Å². The molecule has 6 aromatic carbocycles. The maximum absolute atomic E-state index is 13.9. The van der Waals surface area contributed by atoms with E-state index in [-0.39, 0.29) is 41.5 Å². The van der Waals surface area contributed by atoms with Crippen molar-refractivity contribution in [1.29, 1.82) is 0 Å². The molecule has 3 atom stereocenters. The maximum atomic E-state index is 13.9. The van der Waals surface area contributed by atoms with E-state index in [2.05, 4.69) is 152 Å². The lowest BCUT2D eigenvalue weighted by atomic mass is 10.1. The molecule has 12 heterocycles. The summed E-state index contributed by atoms with van der Waals surface area (Å²) in [6.07, 6.45) is 0. The van der Waals surface area contributed by atoms with Crippen LogP contribution in [0.15, 0.2) is 219 Å². The van der Waals surface area contributed by atoms with E-state index in [1.807, 2.05) is 30.3 Å². The number of pyridine rings is 3. The molecule has 9 aromatic rings. The molecule has 5 N–H and O–H groups in total. The lowest BCUT2D eigenvalue weighted by Gasteiger charge is -2.30. The summed E-state index contributed by atoms with van der Waals surface area (Å²) in [7, 11) is 0. The molecule has 0 amide bonds. The molecule has 0 radical (unpaired) electrons. The van der Waals surface area contributed by atoms with Crippen LogP contribution in [0.5, 0.6) is 0 Å². The van der Waals surface area contributed by atoms with Crippen LogP contribution in [0.4, 0.5) is 47.3 Å². The first kappa shape index (κ1) is 74.7. The van der Waals surface area contributed by atoms with Gasteiger partial charge in [-0.1, -0.05) is 107 Å². The van der Waals surface area contributed by atoms with Crippen LogP contribution >= 0.6 is 70.6 Å². The van der Waals surface area contributed by atoms with Gasteiger partial charge in [-0.15, -0.1) is 0 Å². The Balaban J connectivity index is 0.000000124. The van der Waals surface area contributed by atoms with Gasteiger partial charge in [0.2, 0.25) is 16.7 Å². The summed E-state index contributed by atoms with van der Waals surface area (Å²) in [4.78, 5) is 73.9. The van der Waals surface area contributed by atoms with Crippen LogP contribution in [-0.4, -0.2) is 214 Å². The summed E-state index contributed by atoms with van der Waals surface area (Å²) >= 11 is 10.3. The summed E-state index contributed by atoms with van der Waals surface area (Å²) in [5.41, 5.74) is 10.9. The molecule has 3 aromatic heterocycles. The molecule has 0 aliphatic carbocycles. The number of nitrogens with zero attached hydrogens (tertiary/aromatic N) is 6. The predicted octanol–water partition coefficient (Wildman–Crippen LogP) is 13.8. The Kier molecular flexibility index (Phi) is 24.1. The van der Waals surface area contributed by atoms with Crippen LogP contribution in [0.3, 0.4) is 0 Å². The first-order valence-corrected chi connectivity index (χ1v) is 41.6. The van der Waals surface area contributed by atoms with Crippen molar-refractivity contribution in [2.45, 2.75) is 76.9 Å². The van der Waals surface area contributed by atoms with Gasteiger partial charge in [-0.3, -0.25) is 24.2 Å². The minimum atomic E-state index is -0.426. The van der Waals surface area contributed by atoms with Gasteiger partial charge in [0.05, 0.1) is 101 Å². The molecule has 6 saturated heterocycles. The molecule has 6 fully saturated rings. The molecule has 564 valence electrons. The van der Waals surface area contributed by atoms with Crippen LogP contribution in [0.2, 0.25) is 0 Å². The molecule has 9 aliphatic rings. The van der Waals surface area contributed by atoms with Crippen LogP contribution < -0.4 is 46.9 Å². The van der Waals surface area contributed by atoms with Gasteiger partial charge in [0.25, 0.3) is 0 Å². The lowest BCUT2D eigenvalue weighted by molar-refractivity contribution is 0.0351. The van der Waals surface area contributed by atoms with Gasteiger partial charge >= 0.3 is 0 Å². The van der Waals surface area contributed by atoms with E-state index in [0.29, 0.717) is 79.2 Å². The number of benzene rings is 6. The lowest BCUT2D eigenvalue weighted by Crippen LogP contribution is -2.44. The minimum Gasteiger partial charge on any atom is -0.379 e. The number of alkyl halides is 3. The second-order valence-electron chi connectivity index (χ2n) is 27.4. The summed E-state index contributed by atoms with van der Waals surface area (Å²) in [5, 5.41) is 6.80. The number of hydrogen-bond donors (Lipinski definition) is 5. The summed E-state index contributed by atoms with van der Waals surface area (Å²) < 4.78 is 67.9. The highest BCUT2D eigenvalue weighted by Gasteiger charge is 2.35. The van der Waals surface area contributed by atoms with E-state index in [1.54, 1.807) is 88.8 Å². The van der Waals surface area contributed by atoms with Gasteiger partial charge in [0, 0.05) is 213 Å². The second kappa shape index (κ2) is 34.9. The molecule has 9 aliphatic heterocycles. The zero-order valence-corrected chi connectivity index (χ0v) is 64.4. The number of hydrogen-bond acceptors (Lipinski definition) is 22. The van der Waals surface area contributed by atoms with Gasteiger partial charge in [-0.2, -0.15) is 0 Å². The molecule has 3 unspecified atom stereocenters. The molecular weight excluding hydrogens is 1490 g/mol. The number of aromatic amines is 3. The number of nitrogens with one attached hydrogen (secondary N) is 5. The average molecular weight is 1580 g/mol. The normalized spacial score (nSPS) is 18.8. The highest BCUT2D eigenvalue weighted by molar-refractivity contribution is 8.06. The smallest absolute Gasteiger partial charge is 0.250 e. The van der Waals surface area contributed by atoms with E-state index >= 15 is 0 Å². The molecule has 28 heteroatoms.